The van der Waals surface area contributed by atoms with E-state index in [-0.39, 0.29) is 18.1 Å². The van der Waals surface area contributed by atoms with E-state index in [1.807, 2.05) is 20.8 Å². The Hall–Kier alpha value is -0.770. The molecular weight excluding hydrogens is 254 g/mol. The number of nitrogens with zero attached hydrogens (tertiary/aromatic N) is 1. The summed E-state index contributed by atoms with van der Waals surface area (Å²) < 4.78 is 5.38. The van der Waals surface area contributed by atoms with E-state index in [1.54, 1.807) is 4.90 Å². The molecule has 118 valence electrons. The predicted octanol–water partition coefficient (Wildman–Crippen LogP) is 3.43. The summed E-state index contributed by atoms with van der Waals surface area (Å²) in [5.74, 6) is 0.781. The van der Waals surface area contributed by atoms with Crippen LogP contribution in [0.5, 0.6) is 0 Å². The molecule has 0 radical (unpaired) electrons. The number of hydrogen-bond donors (Lipinski definition) is 1. The molecule has 20 heavy (non-hydrogen) atoms. The van der Waals surface area contributed by atoms with E-state index in [0.29, 0.717) is 19.0 Å². The highest BCUT2D eigenvalue weighted by atomic mass is 16.6. The second-order valence-electron chi connectivity index (χ2n) is 6.96. The Morgan fingerprint density at radius 2 is 1.95 bits per heavy atom. The van der Waals surface area contributed by atoms with Gasteiger partial charge in [0.25, 0.3) is 0 Å². The zero-order valence-electron chi connectivity index (χ0n) is 13.7. The van der Waals surface area contributed by atoms with Gasteiger partial charge in [-0.2, -0.15) is 0 Å². The number of aliphatic hydroxyl groups excluding tert-OH is 1. The van der Waals surface area contributed by atoms with Crippen molar-refractivity contribution in [3.05, 3.63) is 0 Å². The number of amides is 1. The van der Waals surface area contributed by atoms with Crippen LogP contribution in [0.25, 0.3) is 0 Å². The van der Waals surface area contributed by atoms with Gasteiger partial charge in [-0.3, -0.25) is 0 Å². The monoisotopic (exact) mass is 285 g/mol. The zero-order valence-corrected chi connectivity index (χ0v) is 13.7. The van der Waals surface area contributed by atoms with Crippen molar-refractivity contribution in [2.75, 3.05) is 13.1 Å². The normalized spacial score (nSPS) is 21.4. The van der Waals surface area contributed by atoms with Gasteiger partial charge >= 0.3 is 6.09 Å². The minimum absolute atomic E-state index is 0.197. The number of carbonyl (C=O) groups excluding carboxylic acids is 1. The molecule has 0 aromatic rings. The number of ether oxygens (including phenoxy) is 1. The Morgan fingerprint density at radius 3 is 2.45 bits per heavy atom. The van der Waals surface area contributed by atoms with E-state index in [1.165, 1.54) is 0 Å². The van der Waals surface area contributed by atoms with Crippen LogP contribution in [-0.2, 0) is 4.74 Å². The van der Waals surface area contributed by atoms with Crippen LogP contribution >= 0.6 is 0 Å². The second-order valence-corrected chi connectivity index (χ2v) is 6.96. The molecule has 2 atom stereocenters. The topological polar surface area (TPSA) is 49.8 Å². The van der Waals surface area contributed by atoms with Gasteiger partial charge < -0.3 is 14.7 Å². The van der Waals surface area contributed by atoms with Crippen molar-refractivity contribution >= 4 is 6.09 Å². The first kappa shape index (κ1) is 17.3. The van der Waals surface area contributed by atoms with Crippen molar-refractivity contribution in [3.63, 3.8) is 0 Å². The van der Waals surface area contributed by atoms with E-state index in [4.69, 9.17) is 4.74 Å². The fourth-order valence-corrected chi connectivity index (χ4v) is 2.75. The molecule has 1 saturated heterocycles. The lowest BCUT2D eigenvalue weighted by atomic mass is 9.89. The second kappa shape index (κ2) is 7.30. The predicted molar refractivity (Wildman–Crippen MR) is 80.6 cm³/mol. The number of likely N-dealkylation sites (tertiary alicyclic amines) is 1. The van der Waals surface area contributed by atoms with Crippen molar-refractivity contribution in [2.24, 2.45) is 11.8 Å². The molecule has 1 aliphatic heterocycles. The van der Waals surface area contributed by atoms with Crippen LogP contribution in [0.3, 0.4) is 0 Å². The first-order valence-corrected chi connectivity index (χ1v) is 7.92. The summed E-state index contributed by atoms with van der Waals surface area (Å²) in [6.45, 7) is 11.3. The Balaban J connectivity index is 2.44. The molecule has 2 unspecified atom stereocenters. The van der Waals surface area contributed by atoms with Gasteiger partial charge in [0.15, 0.2) is 0 Å². The lowest BCUT2D eigenvalue weighted by Gasteiger charge is -2.25. The maximum Gasteiger partial charge on any atom is 0.410 e. The van der Waals surface area contributed by atoms with E-state index >= 15 is 0 Å². The fraction of sp³-hybridized carbons (Fsp3) is 0.938. The maximum absolute atomic E-state index is 12.0. The standard InChI is InChI=1S/C16H31NO3/c1-6-12(7-2)10-14(18)13-8-9-17(11-13)15(19)20-16(3,4)5/h12-14,18H,6-11H2,1-5H3. The van der Waals surface area contributed by atoms with Gasteiger partial charge in [0.2, 0.25) is 0 Å². The molecule has 0 aromatic carbocycles. The lowest BCUT2D eigenvalue weighted by Crippen LogP contribution is -2.36. The van der Waals surface area contributed by atoms with Crippen LogP contribution in [0.1, 0.15) is 60.3 Å². The third kappa shape index (κ3) is 5.31. The van der Waals surface area contributed by atoms with Crippen molar-refractivity contribution < 1.29 is 14.6 Å². The van der Waals surface area contributed by atoms with E-state index < -0.39 is 5.60 Å². The minimum atomic E-state index is -0.455. The highest BCUT2D eigenvalue weighted by molar-refractivity contribution is 5.68. The van der Waals surface area contributed by atoms with Crippen molar-refractivity contribution in [3.8, 4) is 0 Å². The number of rotatable bonds is 5. The van der Waals surface area contributed by atoms with Crippen molar-refractivity contribution in [2.45, 2.75) is 72.0 Å². The summed E-state index contributed by atoms with van der Waals surface area (Å²) in [6, 6.07) is 0. The molecule has 0 bridgehead atoms. The lowest BCUT2D eigenvalue weighted by molar-refractivity contribution is 0.0260. The summed E-state index contributed by atoms with van der Waals surface area (Å²) in [6.07, 6.45) is 3.38. The van der Waals surface area contributed by atoms with Crippen molar-refractivity contribution in [1.29, 1.82) is 0 Å². The highest BCUT2D eigenvalue weighted by Crippen LogP contribution is 2.27. The third-order valence-electron chi connectivity index (χ3n) is 4.15. The molecule has 1 rings (SSSR count). The first-order valence-electron chi connectivity index (χ1n) is 7.92. The molecule has 0 aliphatic carbocycles. The molecule has 0 aromatic heterocycles. The highest BCUT2D eigenvalue weighted by Gasteiger charge is 2.33. The number of aliphatic hydroxyl groups is 1. The van der Waals surface area contributed by atoms with Crippen molar-refractivity contribution in [1.82, 2.24) is 4.90 Å². The van der Waals surface area contributed by atoms with Crippen LogP contribution in [0.15, 0.2) is 0 Å². The van der Waals surface area contributed by atoms with E-state index in [0.717, 1.165) is 25.7 Å². The van der Waals surface area contributed by atoms with Gasteiger partial charge in [-0.15, -0.1) is 0 Å². The summed E-state index contributed by atoms with van der Waals surface area (Å²) in [4.78, 5) is 13.7. The number of carbonyl (C=O) groups is 1. The maximum atomic E-state index is 12.0. The Kier molecular flexibility index (Phi) is 6.31. The molecule has 0 saturated carbocycles. The van der Waals surface area contributed by atoms with Gasteiger partial charge in [0, 0.05) is 19.0 Å². The molecular formula is C16H31NO3. The molecule has 1 N–H and O–H groups in total. The van der Waals surface area contributed by atoms with Gasteiger partial charge in [0.1, 0.15) is 5.60 Å². The molecule has 1 heterocycles. The van der Waals surface area contributed by atoms with Crippen LogP contribution < -0.4 is 0 Å². The Labute approximate surface area is 123 Å². The van der Waals surface area contributed by atoms with Gasteiger partial charge in [-0.1, -0.05) is 26.7 Å². The molecule has 4 nitrogen and oxygen atoms in total. The zero-order chi connectivity index (χ0) is 15.3. The summed E-state index contributed by atoms with van der Waals surface area (Å²) in [5, 5.41) is 10.3. The molecule has 1 fully saturated rings. The summed E-state index contributed by atoms with van der Waals surface area (Å²) in [5.41, 5.74) is -0.455. The van der Waals surface area contributed by atoms with Crippen LogP contribution in [-0.4, -0.2) is 40.9 Å². The number of hydrogen-bond acceptors (Lipinski definition) is 3. The largest absolute Gasteiger partial charge is 0.444 e. The summed E-state index contributed by atoms with van der Waals surface area (Å²) in [7, 11) is 0. The minimum Gasteiger partial charge on any atom is -0.444 e. The average Bonchev–Trinajstić information content (AvgIpc) is 2.83. The molecule has 1 amide bonds. The van der Waals surface area contributed by atoms with Gasteiger partial charge in [0.05, 0.1) is 6.10 Å². The Morgan fingerprint density at radius 1 is 1.35 bits per heavy atom. The quantitative estimate of drug-likeness (QED) is 0.842. The SMILES string of the molecule is CCC(CC)CC(O)C1CCN(C(=O)OC(C)(C)C)C1. The van der Waals surface area contributed by atoms with Gasteiger partial charge in [-0.25, -0.2) is 4.79 Å². The van der Waals surface area contributed by atoms with E-state index in [9.17, 15) is 9.90 Å². The van der Waals surface area contributed by atoms with Crippen LogP contribution in [0.2, 0.25) is 0 Å². The fourth-order valence-electron chi connectivity index (χ4n) is 2.75. The average molecular weight is 285 g/mol. The van der Waals surface area contributed by atoms with Crippen LogP contribution in [0.4, 0.5) is 4.79 Å². The third-order valence-corrected chi connectivity index (χ3v) is 4.15. The van der Waals surface area contributed by atoms with Gasteiger partial charge in [-0.05, 0) is 39.5 Å². The first-order chi connectivity index (χ1) is 9.26. The smallest absolute Gasteiger partial charge is 0.410 e. The van der Waals surface area contributed by atoms with E-state index in [2.05, 4.69) is 13.8 Å². The molecule has 1 aliphatic rings. The van der Waals surface area contributed by atoms with Crippen LogP contribution in [0, 0.1) is 11.8 Å². The Bertz CT molecular complexity index is 307. The molecule has 4 heteroatoms. The summed E-state index contributed by atoms with van der Waals surface area (Å²) >= 11 is 0. The molecule has 0 spiro atoms.